The van der Waals surface area contributed by atoms with Gasteiger partial charge in [-0.2, -0.15) is 0 Å². The van der Waals surface area contributed by atoms with Crippen LogP contribution in [-0.4, -0.2) is 13.3 Å². The summed E-state index contributed by atoms with van der Waals surface area (Å²) in [4.78, 5) is 3.71. The molecule has 0 atom stereocenters. The molecule has 2 nitrogen and oxygen atoms in total. The third kappa shape index (κ3) is 3.57. The number of nitrogens with zero attached hydrogens (tertiary/aromatic N) is 1. The highest BCUT2D eigenvalue weighted by Crippen LogP contribution is 2.37. The Kier molecular flexibility index (Phi) is 4.04. The normalized spacial score (nSPS) is 12.9. The molecule has 0 saturated carbocycles. The maximum absolute atomic E-state index is 13.4. The fourth-order valence-corrected chi connectivity index (χ4v) is 1.94. The predicted molar refractivity (Wildman–Crippen MR) is 66.1 cm³/mol. The molecule has 0 unspecified atom stereocenters. The van der Waals surface area contributed by atoms with E-state index < -0.39 is 20.0 Å². The molecule has 0 saturated heterocycles. The predicted octanol–water partition coefficient (Wildman–Crippen LogP) is 3.88. The number of aromatic nitrogens is 1. The van der Waals surface area contributed by atoms with Crippen molar-refractivity contribution in [2.24, 2.45) is 0 Å². The minimum atomic E-state index is -1.92. The van der Waals surface area contributed by atoms with E-state index in [2.05, 4.69) is 38.8 Å². The Hall–Kier alpha value is -0.813. The molecule has 5 heteroatoms. The minimum absolute atomic E-state index is 0.0590. The number of hydrogen-bond acceptors (Lipinski definition) is 2. The van der Waals surface area contributed by atoms with Crippen LogP contribution in [0.25, 0.3) is 0 Å². The lowest BCUT2D eigenvalue weighted by Gasteiger charge is -2.36. The number of halogens is 2. The van der Waals surface area contributed by atoms with Gasteiger partial charge >= 0.3 is 0 Å². The van der Waals surface area contributed by atoms with Gasteiger partial charge in [0.05, 0.1) is 12.8 Å². The Morgan fingerprint density at radius 1 is 1.29 bits per heavy atom. The minimum Gasteiger partial charge on any atom is -0.411 e. The highest BCUT2D eigenvalue weighted by Gasteiger charge is 2.37. The smallest absolute Gasteiger partial charge is 0.192 e. The van der Waals surface area contributed by atoms with Crippen molar-refractivity contribution in [1.82, 2.24) is 4.98 Å². The van der Waals surface area contributed by atoms with E-state index >= 15 is 0 Å². The van der Waals surface area contributed by atoms with Crippen molar-refractivity contribution in [1.29, 1.82) is 0 Å². The first-order valence-corrected chi connectivity index (χ1v) is 8.48. The zero-order chi connectivity index (χ0) is 13.3. The molecule has 17 heavy (non-hydrogen) atoms. The Labute approximate surface area is 102 Å². The second-order valence-corrected chi connectivity index (χ2v) is 10.4. The summed E-state index contributed by atoms with van der Waals surface area (Å²) >= 11 is 0. The SMILES string of the molecule is CC(C)(C)[Si](C)(C)OCc1ncc(F)cc1F. The van der Waals surface area contributed by atoms with Crippen molar-refractivity contribution in [3.8, 4) is 0 Å². The molecule has 0 aliphatic rings. The third-order valence-corrected chi connectivity index (χ3v) is 7.74. The van der Waals surface area contributed by atoms with Gasteiger partial charge in [0.15, 0.2) is 8.32 Å². The van der Waals surface area contributed by atoms with Crippen molar-refractivity contribution >= 4 is 8.32 Å². The van der Waals surface area contributed by atoms with Crippen LogP contribution in [0, 0.1) is 11.6 Å². The average Bonchev–Trinajstić information content (AvgIpc) is 2.14. The summed E-state index contributed by atoms with van der Waals surface area (Å²) in [6, 6.07) is 0.831. The van der Waals surface area contributed by atoms with E-state index in [0.29, 0.717) is 0 Å². The summed E-state index contributed by atoms with van der Waals surface area (Å²) in [7, 11) is -1.92. The maximum atomic E-state index is 13.4. The summed E-state index contributed by atoms with van der Waals surface area (Å²) in [5, 5.41) is 0.0590. The first-order chi connectivity index (χ1) is 7.63. The summed E-state index contributed by atoms with van der Waals surface area (Å²) in [6.45, 7) is 10.6. The van der Waals surface area contributed by atoms with Gasteiger partial charge in [0, 0.05) is 6.07 Å². The zero-order valence-corrected chi connectivity index (χ0v) is 12.0. The fourth-order valence-electron chi connectivity index (χ4n) is 1.01. The lowest BCUT2D eigenvalue weighted by molar-refractivity contribution is 0.265. The van der Waals surface area contributed by atoms with E-state index in [0.717, 1.165) is 12.3 Å². The van der Waals surface area contributed by atoms with Crippen LogP contribution >= 0.6 is 0 Å². The van der Waals surface area contributed by atoms with E-state index in [-0.39, 0.29) is 17.3 Å². The quantitative estimate of drug-likeness (QED) is 0.768. The van der Waals surface area contributed by atoms with Crippen molar-refractivity contribution < 1.29 is 13.2 Å². The van der Waals surface area contributed by atoms with Crippen LogP contribution in [-0.2, 0) is 11.0 Å². The molecule has 1 aromatic heterocycles. The maximum Gasteiger partial charge on any atom is 0.192 e. The second-order valence-electron chi connectivity index (χ2n) is 5.63. The monoisotopic (exact) mass is 259 g/mol. The molecule has 1 aromatic rings. The van der Waals surface area contributed by atoms with Crippen LogP contribution in [0.2, 0.25) is 18.1 Å². The lowest BCUT2D eigenvalue weighted by Crippen LogP contribution is -2.40. The van der Waals surface area contributed by atoms with E-state index in [4.69, 9.17) is 4.43 Å². The van der Waals surface area contributed by atoms with Crippen LogP contribution in [0.1, 0.15) is 26.5 Å². The molecule has 1 rings (SSSR count). The summed E-state index contributed by atoms with van der Waals surface area (Å²) in [5.41, 5.74) is 0.163. The second kappa shape index (κ2) is 4.82. The van der Waals surface area contributed by atoms with Gasteiger partial charge in [-0.25, -0.2) is 8.78 Å². The van der Waals surface area contributed by atoms with Crippen LogP contribution in [0.15, 0.2) is 12.3 Å². The van der Waals surface area contributed by atoms with Gasteiger partial charge in [-0.15, -0.1) is 0 Å². The Morgan fingerprint density at radius 3 is 2.35 bits per heavy atom. The van der Waals surface area contributed by atoms with Crippen molar-refractivity contribution in [3.63, 3.8) is 0 Å². The van der Waals surface area contributed by atoms with Gasteiger partial charge in [0.2, 0.25) is 0 Å². The molecule has 0 spiro atoms. The molecule has 0 amide bonds. The molecule has 0 aliphatic heterocycles. The largest absolute Gasteiger partial charge is 0.411 e. The van der Waals surface area contributed by atoms with Gasteiger partial charge < -0.3 is 4.43 Å². The molecule has 0 N–H and O–H groups in total. The van der Waals surface area contributed by atoms with Crippen molar-refractivity contribution in [2.45, 2.75) is 45.5 Å². The Bertz CT molecular complexity index is 402. The van der Waals surface area contributed by atoms with Gasteiger partial charge in [0.25, 0.3) is 0 Å². The van der Waals surface area contributed by atoms with Crippen LogP contribution in [0.5, 0.6) is 0 Å². The molecule has 0 aliphatic carbocycles. The van der Waals surface area contributed by atoms with E-state index in [1.807, 2.05) is 0 Å². The third-order valence-electron chi connectivity index (χ3n) is 3.26. The highest BCUT2D eigenvalue weighted by molar-refractivity contribution is 6.74. The average molecular weight is 259 g/mol. The van der Waals surface area contributed by atoms with Gasteiger partial charge in [-0.1, -0.05) is 20.8 Å². The van der Waals surface area contributed by atoms with Crippen LogP contribution in [0.3, 0.4) is 0 Å². The highest BCUT2D eigenvalue weighted by atomic mass is 28.4. The van der Waals surface area contributed by atoms with E-state index in [9.17, 15) is 8.78 Å². The number of hydrogen-bond donors (Lipinski definition) is 0. The molecule has 0 radical (unpaired) electrons. The van der Waals surface area contributed by atoms with Crippen molar-refractivity contribution in [2.75, 3.05) is 0 Å². The van der Waals surface area contributed by atoms with E-state index in [1.54, 1.807) is 0 Å². The van der Waals surface area contributed by atoms with Crippen LogP contribution < -0.4 is 0 Å². The first-order valence-electron chi connectivity index (χ1n) is 5.57. The standard InChI is InChI=1S/C12H19F2NOSi/c1-12(2,3)17(4,5)16-8-11-10(14)6-9(13)7-15-11/h6-7H,8H2,1-5H3. The molecular formula is C12H19F2NOSi. The molecule has 0 bridgehead atoms. The fraction of sp³-hybridized carbons (Fsp3) is 0.583. The molecule has 0 fully saturated rings. The zero-order valence-electron chi connectivity index (χ0n) is 11.0. The van der Waals surface area contributed by atoms with Gasteiger partial charge in [0.1, 0.15) is 17.3 Å². The molecular weight excluding hydrogens is 240 g/mol. The topological polar surface area (TPSA) is 22.1 Å². The van der Waals surface area contributed by atoms with E-state index in [1.165, 1.54) is 0 Å². The summed E-state index contributed by atoms with van der Waals surface area (Å²) in [6.07, 6.45) is 1.01. The van der Waals surface area contributed by atoms with Gasteiger partial charge in [-0.3, -0.25) is 4.98 Å². The van der Waals surface area contributed by atoms with Gasteiger partial charge in [-0.05, 0) is 18.1 Å². The lowest BCUT2D eigenvalue weighted by atomic mass is 10.2. The van der Waals surface area contributed by atoms with Crippen molar-refractivity contribution in [3.05, 3.63) is 29.6 Å². The number of rotatable bonds is 3. The van der Waals surface area contributed by atoms with Crippen LogP contribution in [0.4, 0.5) is 8.78 Å². The molecule has 96 valence electrons. The molecule has 1 heterocycles. The molecule has 0 aromatic carbocycles. The summed E-state index contributed by atoms with van der Waals surface area (Å²) in [5.74, 6) is -1.32. The first kappa shape index (κ1) is 14.2. The Morgan fingerprint density at radius 2 is 1.88 bits per heavy atom. The summed E-state index contributed by atoms with van der Waals surface area (Å²) < 4.78 is 31.8. The Balaban J connectivity index is 2.74. The number of pyridine rings is 1.